The number of amides is 1. The molecule has 0 saturated carbocycles. The molecule has 0 aliphatic heterocycles. The fourth-order valence-corrected chi connectivity index (χ4v) is 2.45. The molecule has 2 aromatic carbocycles. The van der Waals surface area contributed by atoms with E-state index in [0.717, 1.165) is 12.0 Å². The molecule has 0 aromatic heterocycles. The van der Waals surface area contributed by atoms with Gasteiger partial charge in [0.1, 0.15) is 0 Å². The molecule has 4 N–H and O–H groups in total. The van der Waals surface area contributed by atoms with Crippen LogP contribution in [0.5, 0.6) is 0 Å². The second-order valence-corrected chi connectivity index (χ2v) is 5.83. The number of carbonyl (C=O) groups is 3. The van der Waals surface area contributed by atoms with Crippen LogP contribution in [0.3, 0.4) is 0 Å². The van der Waals surface area contributed by atoms with Crippen molar-refractivity contribution in [2.24, 2.45) is 5.73 Å². The Morgan fingerprint density at radius 3 is 1.82 bits per heavy atom. The first-order chi connectivity index (χ1) is 13.3. The highest BCUT2D eigenvalue weighted by atomic mass is 16.4. The van der Waals surface area contributed by atoms with Gasteiger partial charge in [0.25, 0.3) is 0 Å². The number of likely N-dealkylation sites (N-methyl/N-ethyl adjacent to an activating group) is 1. The molecule has 0 saturated heterocycles. The van der Waals surface area contributed by atoms with Crippen molar-refractivity contribution in [3.63, 3.8) is 0 Å². The molecule has 1 atom stereocenters. The van der Waals surface area contributed by atoms with Gasteiger partial charge in [0, 0.05) is 19.2 Å². The molecule has 1 amide bonds. The van der Waals surface area contributed by atoms with Crippen LogP contribution < -0.4 is 5.73 Å². The number of carboxylic acids is 2. The highest BCUT2D eigenvalue weighted by molar-refractivity contribution is 5.89. The summed E-state index contributed by atoms with van der Waals surface area (Å²) in [5, 5.41) is 15.6. The van der Waals surface area contributed by atoms with Gasteiger partial charge < -0.3 is 20.8 Å². The van der Waals surface area contributed by atoms with E-state index >= 15 is 0 Å². The van der Waals surface area contributed by atoms with Crippen molar-refractivity contribution < 1.29 is 24.6 Å². The van der Waals surface area contributed by atoms with Crippen LogP contribution in [0.25, 0.3) is 0 Å². The molecular formula is C21H24N2O5. The standard InChI is InChI=1S/C17H20N2O.C4H4O4/c1-19(17(20)13-18)16(15-10-6-3-7-11-15)12-14-8-4-2-5-9-14;5-3(6)1-2-4(7)8/h2-11,16H,12-13,18H2,1H3;1-2H,(H,5,6)(H,7,8). The summed E-state index contributed by atoms with van der Waals surface area (Å²) in [7, 11) is 1.82. The Kier molecular flexibility index (Phi) is 9.71. The zero-order chi connectivity index (χ0) is 20.9. The monoisotopic (exact) mass is 384 g/mol. The minimum Gasteiger partial charge on any atom is -0.478 e. The summed E-state index contributed by atoms with van der Waals surface area (Å²) in [6.45, 7) is 0.0363. The summed E-state index contributed by atoms with van der Waals surface area (Å²) in [5.41, 5.74) is 7.82. The average Bonchev–Trinajstić information content (AvgIpc) is 2.71. The van der Waals surface area contributed by atoms with Gasteiger partial charge in [0.2, 0.25) is 5.91 Å². The first-order valence-electron chi connectivity index (χ1n) is 8.53. The number of carbonyl (C=O) groups excluding carboxylic acids is 1. The van der Waals surface area contributed by atoms with Crippen LogP contribution in [-0.4, -0.2) is 46.6 Å². The molecule has 2 aromatic rings. The molecule has 0 aliphatic carbocycles. The normalized spacial score (nSPS) is 11.2. The number of aliphatic carboxylic acids is 2. The van der Waals surface area contributed by atoms with Crippen molar-refractivity contribution in [2.75, 3.05) is 13.6 Å². The van der Waals surface area contributed by atoms with E-state index in [1.807, 2.05) is 55.6 Å². The quantitative estimate of drug-likeness (QED) is 0.629. The van der Waals surface area contributed by atoms with E-state index < -0.39 is 11.9 Å². The number of carboxylic acid groups (broad SMARTS) is 2. The zero-order valence-corrected chi connectivity index (χ0v) is 15.6. The first-order valence-corrected chi connectivity index (χ1v) is 8.53. The van der Waals surface area contributed by atoms with Gasteiger partial charge in [-0.25, -0.2) is 9.59 Å². The molecule has 0 radical (unpaired) electrons. The van der Waals surface area contributed by atoms with E-state index in [4.69, 9.17) is 15.9 Å². The lowest BCUT2D eigenvalue weighted by Gasteiger charge is -2.28. The third-order valence-corrected chi connectivity index (χ3v) is 3.86. The Bertz CT molecular complexity index is 775. The zero-order valence-electron chi connectivity index (χ0n) is 15.6. The average molecular weight is 384 g/mol. The Morgan fingerprint density at radius 2 is 1.39 bits per heavy atom. The van der Waals surface area contributed by atoms with Gasteiger partial charge in [-0.3, -0.25) is 4.79 Å². The number of rotatable bonds is 7. The molecule has 0 fully saturated rings. The highest BCUT2D eigenvalue weighted by Crippen LogP contribution is 2.24. The number of benzene rings is 2. The molecule has 7 nitrogen and oxygen atoms in total. The smallest absolute Gasteiger partial charge is 0.328 e. The molecule has 28 heavy (non-hydrogen) atoms. The summed E-state index contributed by atoms with van der Waals surface area (Å²) in [6.07, 6.45) is 1.90. The van der Waals surface area contributed by atoms with Crippen molar-refractivity contribution in [1.82, 2.24) is 4.90 Å². The molecule has 0 spiro atoms. The predicted octanol–water partition coefficient (Wildman–Crippen LogP) is 2.10. The predicted molar refractivity (Wildman–Crippen MR) is 106 cm³/mol. The second kappa shape index (κ2) is 12.0. The second-order valence-electron chi connectivity index (χ2n) is 5.83. The molecule has 0 aliphatic rings. The summed E-state index contributed by atoms with van der Waals surface area (Å²) < 4.78 is 0. The van der Waals surface area contributed by atoms with E-state index in [-0.39, 0.29) is 18.5 Å². The van der Waals surface area contributed by atoms with Gasteiger partial charge in [0.05, 0.1) is 12.6 Å². The topological polar surface area (TPSA) is 121 Å². The van der Waals surface area contributed by atoms with Gasteiger partial charge in [-0.15, -0.1) is 0 Å². The maximum atomic E-state index is 11.9. The van der Waals surface area contributed by atoms with Crippen LogP contribution in [0, 0.1) is 0 Å². The molecule has 0 bridgehead atoms. The van der Waals surface area contributed by atoms with Crippen molar-refractivity contribution in [2.45, 2.75) is 12.5 Å². The van der Waals surface area contributed by atoms with Crippen molar-refractivity contribution in [3.05, 3.63) is 83.9 Å². The lowest BCUT2D eigenvalue weighted by molar-refractivity contribution is -0.134. The van der Waals surface area contributed by atoms with Crippen LogP contribution in [0.2, 0.25) is 0 Å². The largest absolute Gasteiger partial charge is 0.478 e. The van der Waals surface area contributed by atoms with Crippen LogP contribution >= 0.6 is 0 Å². The summed E-state index contributed by atoms with van der Waals surface area (Å²) >= 11 is 0. The molecular weight excluding hydrogens is 360 g/mol. The fourth-order valence-electron chi connectivity index (χ4n) is 2.45. The van der Waals surface area contributed by atoms with Crippen LogP contribution in [-0.2, 0) is 20.8 Å². The van der Waals surface area contributed by atoms with E-state index in [2.05, 4.69) is 12.1 Å². The van der Waals surface area contributed by atoms with Gasteiger partial charge >= 0.3 is 11.9 Å². The van der Waals surface area contributed by atoms with Crippen molar-refractivity contribution in [3.8, 4) is 0 Å². The Hall–Kier alpha value is -3.45. The van der Waals surface area contributed by atoms with E-state index in [1.165, 1.54) is 5.56 Å². The number of nitrogens with two attached hydrogens (primary N) is 1. The SMILES string of the molecule is CN(C(=O)CN)C(Cc1ccccc1)c1ccccc1.O=C(O)C=CC(=O)O. The first kappa shape index (κ1) is 22.6. The maximum Gasteiger partial charge on any atom is 0.328 e. The van der Waals surface area contributed by atoms with E-state index in [0.29, 0.717) is 12.2 Å². The third-order valence-electron chi connectivity index (χ3n) is 3.86. The lowest BCUT2D eigenvalue weighted by atomic mass is 9.97. The number of hydrogen-bond acceptors (Lipinski definition) is 4. The third kappa shape index (κ3) is 8.29. The molecule has 148 valence electrons. The Morgan fingerprint density at radius 1 is 0.929 bits per heavy atom. The van der Waals surface area contributed by atoms with Crippen LogP contribution in [0.1, 0.15) is 17.2 Å². The van der Waals surface area contributed by atoms with Gasteiger partial charge in [0.15, 0.2) is 0 Å². The van der Waals surface area contributed by atoms with Crippen molar-refractivity contribution in [1.29, 1.82) is 0 Å². The molecule has 7 heteroatoms. The summed E-state index contributed by atoms with van der Waals surface area (Å²) in [5.74, 6) is -2.56. The van der Waals surface area contributed by atoms with E-state index in [1.54, 1.807) is 4.90 Å². The van der Waals surface area contributed by atoms with Gasteiger partial charge in [-0.05, 0) is 17.5 Å². The summed E-state index contributed by atoms with van der Waals surface area (Å²) in [6, 6.07) is 20.3. The van der Waals surface area contributed by atoms with Crippen molar-refractivity contribution >= 4 is 17.8 Å². The minimum absolute atomic E-state index is 0.00894. The molecule has 2 rings (SSSR count). The fraction of sp³-hybridized carbons (Fsp3) is 0.190. The lowest BCUT2D eigenvalue weighted by Crippen LogP contribution is -2.36. The Labute approximate surface area is 163 Å². The Balaban J connectivity index is 0.000000416. The number of hydrogen-bond donors (Lipinski definition) is 3. The van der Waals surface area contributed by atoms with Crippen LogP contribution in [0.4, 0.5) is 0 Å². The molecule has 0 heterocycles. The van der Waals surface area contributed by atoms with Gasteiger partial charge in [-0.2, -0.15) is 0 Å². The minimum atomic E-state index is -1.26. The van der Waals surface area contributed by atoms with E-state index in [9.17, 15) is 14.4 Å². The highest BCUT2D eigenvalue weighted by Gasteiger charge is 2.20. The molecule has 1 unspecified atom stereocenters. The summed E-state index contributed by atoms with van der Waals surface area (Å²) in [4.78, 5) is 32.8. The number of nitrogens with zero attached hydrogens (tertiary/aromatic N) is 1. The van der Waals surface area contributed by atoms with Crippen LogP contribution in [0.15, 0.2) is 72.8 Å². The van der Waals surface area contributed by atoms with Gasteiger partial charge in [-0.1, -0.05) is 60.7 Å². The maximum absolute atomic E-state index is 11.9.